The van der Waals surface area contributed by atoms with Gasteiger partial charge in [-0.25, -0.2) is 0 Å². The summed E-state index contributed by atoms with van der Waals surface area (Å²) in [6.07, 6.45) is 1.03. The minimum atomic E-state index is 0.000527. The van der Waals surface area contributed by atoms with E-state index < -0.39 is 0 Å². The molecule has 1 atom stereocenters. The molecular formula is C13H18ClN3O. The van der Waals surface area contributed by atoms with Gasteiger partial charge in [0.15, 0.2) is 0 Å². The number of hydrogen-bond donors (Lipinski definition) is 2. The Bertz CT molecular complexity index is 450. The van der Waals surface area contributed by atoms with E-state index in [4.69, 9.17) is 27.5 Å². The molecule has 98 valence electrons. The van der Waals surface area contributed by atoms with E-state index in [2.05, 4.69) is 11.8 Å². The number of hydrogen-bond acceptors (Lipinski definition) is 3. The van der Waals surface area contributed by atoms with E-state index in [1.807, 2.05) is 18.2 Å². The molecule has 1 aromatic rings. The highest BCUT2D eigenvalue weighted by Gasteiger charge is 2.22. The van der Waals surface area contributed by atoms with Crippen LogP contribution in [-0.2, 0) is 4.74 Å². The van der Waals surface area contributed by atoms with Gasteiger partial charge in [0.05, 0.1) is 24.3 Å². The Hall–Kier alpha value is -1.26. The predicted octanol–water partition coefficient (Wildman–Crippen LogP) is 2.24. The summed E-state index contributed by atoms with van der Waals surface area (Å²) in [4.78, 5) is 2.30. The Kier molecular flexibility index (Phi) is 4.09. The third-order valence-electron chi connectivity index (χ3n) is 3.27. The molecule has 1 aliphatic rings. The molecule has 0 aromatic heterocycles. The van der Waals surface area contributed by atoms with Gasteiger partial charge in [-0.3, -0.25) is 5.41 Å². The zero-order valence-corrected chi connectivity index (χ0v) is 11.2. The van der Waals surface area contributed by atoms with E-state index in [-0.39, 0.29) is 5.84 Å². The zero-order valence-electron chi connectivity index (χ0n) is 10.4. The van der Waals surface area contributed by atoms with Crippen LogP contribution in [0.5, 0.6) is 0 Å². The van der Waals surface area contributed by atoms with E-state index in [0.717, 1.165) is 31.9 Å². The second-order valence-corrected chi connectivity index (χ2v) is 4.82. The van der Waals surface area contributed by atoms with Crippen LogP contribution in [0.2, 0.25) is 5.02 Å². The molecular weight excluding hydrogens is 250 g/mol. The van der Waals surface area contributed by atoms with Crippen LogP contribution in [0.15, 0.2) is 18.2 Å². The lowest BCUT2D eigenvalue weighted by atomic mass is 10.1. The lowest BCUT2D eigenvalue weighted by molar-refractivity contribution is 0.0930. The largest absolute Gasteiger partial charge is 0.384 e. The second kappa shape index (κ2) is 5.59. The van der Waals surface area contributed by atoms with Crippen LogP contribution >= 0.6 is 11.6 Å². The van der Waals surface area contributed by atoms with Crippen LogP contribution in [0, 0.1) is 5.41 Å². The number of benzene rings is 1. The van der Waals surface area contributed by atoms with E-state index in [9.17, 15) is 0 Å². The number of rotatable bonds is 3. The molecule has 1 saturated heterocycles. The Morgan fingerprint density at radius 3 is 3.00 bits per heavy atom. The van der Waals surface area contributed by atoms with Crippen molar-refractivity contribution in [2.75, 3.05) is 24.7 Å². The van der Waals surface area contributed by atoms with Gasteiger partial charge in [0.2, 0.25) is 0 Å². The van der Waals surface area contributed by atoms with E-state index >= 15 is 0 Å². The average Bonchev–Trinajstić information content (AvgIpc) is 2.38. The lowest BCUT2D eigenvalue weighted by Gasteiger charge is -2.37. The number of nitrogens with two attached hydrogens (primary N) is 1. The standard InChI is InChI=1S/C13H18ClN3O/c1-2-9-8-18-6-5-17(9)10-3-4-11(13(15)16)12(14)7-10/h3-4,7,9H,2,5-6,8H2,1H3,(H3,15,16). The van der Waals surface area contributed by atoms with Crippen molar-refractivity contribution in [2.45, 2.75) is 19.4 Å². The highest BCUT2D eigenvalue weighted by Crippen LogP contribution is 2.26. The van der Waals surface area contributed by atoms with Crippen LogP contribution in [-0.4, -0.2) is 31.6 Å². The van der Waals surface area contributed by atoms with Crippen molar-refractivity contribution in [3.63, 3.8) is 0 Å². The highest BCUT2D eigenvalue weighted by molar-refractivity contribution is 6.34. The Morgan fingerprint density at radius 1 is 1.61 bits per heavy atom. The third kappa shape index (κ3) is 2.60. The maximum Gasteiger partial charge on any atom is 0.124 e. The van der Waals surface area contributed by atoms with Crippen LogP contribution < -0.4 is 10.6 Å². The number of nitrogen functional groups attached to an aromatic ring is 1. The molecule has 3 N–H and O–H groups in total. The Labute approximate surface area is 112 Å². The fourth-order valence-electron chi connectivity index (χ4n) is 2.23. The van der Waals surface area contributed by atoms with Crippen molar-refractivity contribution < 1.29 is 4.74 Å². The van der Waals surface area contributed by atoms with Crippen LogP contribution in [0.4, 0.5) is 5.69 Å². The smallest absolute Gasteiger partial charge is 0.124 e. The summed E-state index contributed by atoms with van der Waals surface area (Å²) in [5.41, 5.74) is 7.12. The molecule has 1 aliphatic heterocycles. The van der Waals surface area contributed by atoms with E-state index in [0.29, 0.717) is 16.6 Å². The number of amidine groups is 1. The summed E-state index contributed by atoms with van der Waals surface area (Å²) in [5, 5.41) is 7.96. The van der Waals surface area contributed by atoms with Gasteiger partial charge in [-0.1, -0.05) is 18.5 Å². The lowest BCUT2D eigenvalue weighted by Crippen LogP contribution is -2.45. The minimum Gasteiger partial charge on any atom is -0.384 e. The van der Waals surface area contributed by atoms with Gasteiger partial charge < -0.3 is 15.4 Å². The van der Waals surface area contributed by atoms with Crippen LogP contribution in [0.1, 0.15) is 18.9 Å². The molecule has 2 rings (SSSR count). The minimum absolute atomic E-state index is 0.000527. The predicted molar refractivity (Wildman–Crippen MR) is 74.7 cm³/mol. The Morgan fingerprint density at radius 2 is 2.39 bits per heavy atom. The van der Waals surface area contributed by atoms with Crippen molar-refractivity contribution in [3.8, 4) is 0 Å². The van der Waals surface area contributed by atoms with Gasteiger partial charge >= 0.3 is 0 Å². The fraction of sp³-hybridized carbons (Fsp3) is 0.462. The van der Waals surface area contributed by atoms with Gasteiger partial charge in [0.1, 0.15) is 5.84 Å². The van der Waals surface area contributed by atoms with Gasteiger partial charge in [-0.15, -0.1) is 0 Å². The number of ether oxygens (including phenoxy) is 1. The zero-order chi connectivity index (χ0) is 13.1. The van der Waals surface area contributed by atoms with Crippen molar-refractivity contribution in [2.24, 2.45) is 5.73 Å². The summed E-state index contributed by atoms with van der Waals surface area (Å²) < 4.78 is 5.49. The molecule has 0 aliphatic carbocycles. The first-order valence-corrected chi connectivity index (χ1v) is 6.49. The van der Waals surface area contributed by atoms with Crippen LogP contribution in [0.25, 0.3) is 0 Å². The van der Waals surface area contributed by atoms with Crippen molar-refractivity contribution in [3.05, 3.63) is 28.8 Å². The summed E-state index contributed by atoms with van der Waals surface area (Å²) in [5.74, 6) is 0.000527. The number of anilines is 1. The molecule has 1 unspecified atom stereocenters. The summed E-state index contributed by atoms with van der Waals surface area (Å²) in [6, 6.07) is 6.04. The number of nitrogens with one attached hydrogen (secondary N) is 1. The first kappa shape index (κ1) is 13.2. The average molecular weight is 268 g/mol. The Balaban J connectivity index is 2.27. The summed E-state index contributed by atoms with van der Waals surface area (Å²) >= 11 is 6.16. The summed E-state index contributed by atoms with van der Waals surface area (Å²) in [6.45, 7) is 4.51. The molecule has 1 fully saturated rings. The molecule has 0 radical (unpaired) electrons. The first-order valence-electron chi connectivity index (χ1n) is 6.11. The molecule has 0 bridgehead atoms. The molecule has 0 amide bonds. The van der Waals surface area contributed by atoms with E-state index in [1.54, 1.807) is 0 Å². The fourth-order valence-corrected chi connectivity index (χ4v) is 2.51. The highest BCUT2D eigenvalue weighted by atomic mass is 35.5. The topological polar surface area (TPSA) is 62.3 Å². The molecule has 4 nitrogen and oxygen atoms in total. The number of nitrogens with zero attached hydrogens (tertiary/aromatic N) is 1. The molecule has 0 spiro atoms. The summed E-state index contributed by atoms with van der Waals surface area (Å²) in [7, 11) is 0. The van der Waals surface area contributed by atoms with Gasteiger partial charge in [-0.2, -0.15) is 0 Å². The molecule has 18 heavy (non-hydrogen) atoms. The third-order valence-corrected chi connectivity index (χ3v) is 3.59. The van der Waals surface area contributed by atoms with Gasteiger partial charge in [0.25, 0.3) is 0 Å². The molecule has 5 heteroatoms. The molecule has 1 heterocycles. The normalized spacial score (nSPS) is 19.9. The monoisotopic (exact) mass is 267 g/mol. The van der Waals surface area contributed by atoms with Gasteiger partial charge in [-0.05, 0) is 24.6 Å². The van der Waals surface area contributed by atoms with E-state index in [1.165, 1.54) is 0 Å². The van der Waals surface area contributed by atoms with Crippen molar-refractivity contribution in [1.29, 1.82) is 5.41 Å². The number of halogens is 1. The maximum absolute atomic E-state index is 7.43. The van der Waals surface area contributed by atoms with Crippen molar-refractivity contribution >= 4 is 23.1 Å². The SMILES string of the molecule is CCC1COCCN1c1ccc(C(=N)N)c(Cl)c1. The maximum atomic E-state index is 7.43. The second-order valence-electron chi connectivity index (χ2n) is 4.41. The van der Waals surface area contributed by atoms with Crippen LogP contribution in [0.3, 0.4) is 0 Å². The number of morpholine rings is 1. The van der Waals surface area contributed by atoms with Gasteiger partial charge in [0, 0.05) is 17.8 Å². The molecule has 1 aromatic carbocycles. The molecule has 0 saturated carbocycles. The quantitative estimate of drug-likeness (QED) is 0.652. The van der Waals surface area contributed by atoms with Crippen molar-refractivity contribution in [1.82, 2.24) is 0 Å². The first-order chi connectivity index (χ1) is 8.63.